The third-order valence-electron chi connectivity index (χ3n) is 9.79. The predicted molar refractivity (Wildman–Crippen MR) is 228 cm³/mol. The summed E-state index contributed by atoms with van der Waals surface area (Å²) in [6.07, 6.45) is 9.11. The molecule has 0 aromatic heterocycles. The van der Waals surface area contributed by atoms with Gasteiger partial charge in [0.2, 0.25) is 23.6 Å². The highest BCUT2D eigenvalue weighted by Gasteiger charge is 2.41. The van der Waals surface area contributed by atoms with Gasteiger partial charge in [-0.15, -0.1) is 0 Å². The summed E-state index contributed by atoms with van der Waals surface area (Å²) in [5.41, 5.74) is 2.31. The number of benzene rings is 2. The van der Waals surface area contributed by atoms with E-state index < -0.39 is 24.2 Å². The number of likely N-dealkylation sites (N-methyl/N-ethyl adjacent to an activating group) is 2. The summed E-state index contributed by atoms with van der Waals surface area (Å²) in [5, 5.41) is 9.95. The molecule has 0 radical (unpaired) electrons. The molecule has 5 rings (SSSR count). The Hall–Kier alpha value is -5.57. The van der Waals surface area contributed by atoms with Crippen molar-refractivity contribution in [3.8, 4) is 0 Å². The molecule has 4 unspecified atom stereocenters. The number of carbonyl (C=O) groups is 7. The molecule has 3 fully saturated rings. The van der Waals surface area contributed by atoms with Crippen molar-refractivity contribution < 1.29 is 38.3 Å². The van der Waals surface area contributed by atoms with Crippen LogP contribution in [0.25, 0.3) is 6.08 Å². The van der Waals surface area contributed by atoms with Crippen molar-refractivity contribution in [3.05, 3.63) is 78.0 Å². The molecule has 15 heteroatoms. The van der Waals surface area contributed by atoms with Crippen LogP contribution in [0.5, 0.6) is 0 Å². The minimum absolute atomic E-state index is 0.00224. The van der Waals surface area contributed by atoms with Gasteiger partial charge in [0.15, 0.2) is 0 Å². The number of hydrogen-bond acceptors (Lipinski definition) is 9. The fourth-order valence-corrected chi connectivity index (χ4v) is 6.63. The average Bonchev–Trinajstić information content (AvgIpc) is 3.94. The fourth-order valence-electron chi connectivity index (χ4n) is 6.63. The van der Waals surface area contributed by atoms with Crippen molar-refractivity contribution in [2.24, 2.45) is 0 Å². The maximum Gasteiger partial charge on any atom is 0.323 e. The molecule has 4 N–H and O–H groups in total. The summed E-state index contributed by atoms with van der Waals surface area (Å²) in [6, 6.07) is 17.3. The zero-order valence-corrected chi connectivity index (χ0v) is 35.6. The van der Waals surface area contributed by atoms with Gasteiger partial charge in [0, 0.05) is 26.3 Å². The Morgan fingerprint density at radius 2 is 1.42 bits per heavy atom. The second-order valence-electron chi connectivity index (χ2n) is 14.2. The number of nitrogens with zero attached hydrogens (tertiary/aromatic N) is 3. The predicted octanol–water partition coefficient (Wildman–Crippen LogP) is 3.81. The van der Waals surface area contributed by atoms with E-state index in [1.807, 2.05) is 74.3 Å². The van der Waals surface area contributed by atoms with Gasteiger partial charge in [0.1, 0.15) is 31.0 Å². The van der Waals surface area contributed by atoms with Crippen molar-refractivity contribution in [1.82, 2.24) is 36.0 Å². The number of rotatable bonds is 12. The molecule has 3 aliphatic heterocycles. The lowest BCUT2D eigenvalue weighted by Crippen LogP contribution is -2.57. The van der Waals surface area contributed by atoms with E-state index in [1.165, 1.54) is 18.8 Å². The number of amides is 6. The summed E-state index contributed by atoms with van der Waals surface area (Å²) >= 11 is 0. The molecule has 0 bridgehead atoms. The van der Waals surface area contributed by atoms with Crippen molar-refractivity contribution in [3.63, 3.8) is 0 Å². The second kappa shape index (κ2) is 28.0. The van der Waals surface area contributed by atoms with Crippen LogP contribution < -0.4 is 21.3 Å². The molecular weight excluding hydrogens is 755 g/mol. The molecule has 3 heterocycles. The molecule has 3 saturated heterocycles. The molecule has 4 atom stereocenters. The van der Waals surface area contributed by atoms with Gasteiger partial charge >= 0.3 is 12.0 Å². The third kappa shape index (κ3) is 17.8. The quantitative estimate of drug-likeness (QED) is 0.183. The standard InChI is InChI=1S/C23H36N4O6.C12H15N3O2.C7H8.C2H6/c1-16(15-28)24-21(30)17-7-3-4-12-27(17)22(31)18-8-6-13-26(18)20(29)10-14-33-23(32)19-9-5-11-25(19)2;1-13-11(16)9-15-12(17)14-8-7-10-5-3-2-4-6-10;1-7-5-3-2-4-6-7;1-2/h15-19H,3-14H2,1-2H3,(H,24,30);2-8H,9H2,1H3,(H,13,16)(H2,14,15,17);2-6H,1H3;1-2H3/b;8-7+;;. The lowest BCUT2D eigenvalue weighted by molar-refractivity contribution is -0.152. The number of likely N-dealkylation sites (tertiary alicyclic amines) is 3. The highest BCUT2D eigenvalue weighted by atomic mass is 16.5. The van der Waals surface area contributed by atoms with E-state index in [4.69, 9.17) is 4.74 Å². The SMILES string of the molecule is CC.CC(C=O)NC(=O)C1CCCCN1C(=O)C1CCCN1C(=O)CCOC(=O)C1CCCN1C.CNC(=O)CNC(=O)N/C=C/c1ccccc1.Cc1ccccc1. The van der Waals surface area contributed by atoms with E-state index in [2.05, 4.69) is 40.3 Å². The van der Waals surface area contributed by atoms with Gasteiger partial charge in [0.05, 0.1) is 19.0 Å². The van der Waals surface area contributed by atoms with Crippen molar-refractivity contribution in [2.75, 3.05) is 46.9 Å². The third-order valence-corrected chi connectivity index (χ3v) is 9.79. The summed E-state index contributed by atoms with van der Waals surface area (Å²) in [7, 11) is 3.40. The summed E-state index contributed by atoms with van der Waals surface area (Å²) < 4.78 is 5.33. The number of aryl methyl sites for hydroxylation is 1. The smallest absolute Gasteiger partial charge is 0.323 e. The van der Waals surface area contributed by atoms with Gasteiger partial charge in [-0.3, -0.25) is 28.9 Å². The number of nitrogens with one attached hydrogen (secondary N) is 4. The minimum atomic E-state index is -0.629. The monoisotopic (exact) mass is 819 g/mol. The Bertz CT molecular complexity index is 1640. The molecule has 0 aliphatic carbocycles. The van der Waals surface area contributed by atoms with E-state index in [1.54, 1.807) is 22.8 Å². The molecule has 0 spiro atoms. The van der Waals surface area contributed by atoms with Gasteiger partial charge in [0.25, 0.3) is 0 Å². The number of esters is 1. The zero-order valence-electron chi connectivity index (χ0n) is 35.6. The van der Waals surface area contributed by atoms with E-state index >= 15 is 0 Å². The Balaban J connectivity index is 0.000000381. The molecule has 6 amide bonds. The zero-order chi connectivity index (χ0) is 43.6. The van der Waals surface area contributed by atoms with E-state index in [0.29, 0.717) is 38.6 Å². The van der Waals surface area contributed by atoms with Crippen LogP contribution in [-0.2, 0) is 33.5 Å². The van der Waals surface area contributed by atoms with Gasteiger partial charge in [-0.2, -0.15) is 0 Å². The minimum Gasteiger partial charge on any atom is -0.464 e. The normalized spacial score (nSPS) is 18.9. The van der Waals surface area contributed by atoms with Crippen LogP contribution >= 0.6 is 0 Å². The molecule has 2 aromatic rings. The number of piperidine rings is 1. The molecule has 59 heavy (non-hydrogen) atoms. The van der Waals surface area contributed by atoms with Crippen LogP contribution in [0.4, 0.5) is 4.79 Å². The van der Waals surface area contributed by atoms with Crippen molar-refractivity contribution in [2.45, 2.75) is 103 Å². The highest BCUT2D eigenvalue weighted by Crippen LogP contribution is 2.25. The van der Waals surface area contributed by atoms with E-state index in [9.17, 15) is 33.6 Å². The molecule has 15 nitrogen and oxygen atoms in total. The van der Waals surface area contributed by atoms with Crippen LogP contribution in [0.15, 0.2) is 66.9 Å². The number of aldehydes is 1. The topological polar surface area (TPSA) is 187 Å². The molecule has 3 aliphatic rings. The molecule has 0 saturated carbocycles. The average molecular weight is 820 g/mol. The Morgan fingerprint density at radius 3 is 2.02 bits per heavy atom. The maximum atomic E-state index is 13.4. The van der Waals surface area contributed by atoms with E-state index in [0.717, 1.165) is 37.8 Å². The summed E-state index contributed by atoms with van der Waals surface area (Å²) in [4.78, 5) is 89.1. The Morgan fingerprint density at radius 1 is 0.814 bits per heavy atom. The number of urea groups is 1. The molecular formula is C44H65N7O8. The second-order valence-corrected chi connectivity index (χ2v) is 14.2. The molecule has 324 valence electrons. The fraction of sp³-hybridized carbons (Fsp3) is 0.523. The van der Waals surface area contributed by atoms with Crippen LogP contribution in [0.3, 0.4) is 0 Å². The first kappa shape index (κ1) is 49.6. The van der Waals surface area contributed by atoms with Crippen LogP contribution in [0, 0.1) is 6.92 Å². The molecule has 2 aromatic carbocycles. The largest absolute Gasteiger partial charge is 0.464 e. The maximum absolute atomic E-state index is 13.4. The highest BCUT2D eigenvalue weighted by molar-refractivity contribution is 5.93. The first-order valence-corrected chi connectivity index (χ1v) is 20.7. The van der Waals surface area contributed by atoms with Gasteiger partial charge in [-0.05, 0) is 84.0 Å². The lowest BCUT2D eigenvalue weighted by atomic mass is 9.99. The lowest BCUT2D eigenvalue weighted by Gasteiger charge is -2.38. The van der Waals surface area contributed by atoms with Crippen molar-refractivity contribution in [1.29, 1.82) is 0 Å². The number of carbonyl (C=O) groups excluding carboxylic acids is 7. The Labute approximate surface area is 349 Å². The van der Waals surface area contributed by atoms with Crippen molar-refractivity contribution >= 4 is 48.0 Å². The summed E-state index contributed by atoms with van der Waals surface area (Å²) in [6.45, 7) is 9.42. The van der Waals surface area contributed by atoms with Gasteiger partial charge in [-0.1, -0.05) is 80.1 Å². The Kier molecular flexibility index (Phi) is 23.5. The van der Waals surface area contributed by atoms with Crippen LogP contribution in [0.2, 0.25) is 0 Å². The number of hydrogen-bond donors (Lipinski definition) is 4. The van der Waals surface area contributed by atoms with Gasteiger partial charge in [-0.25, -0.2) is 4.79 Å². The van der Waals surface area contributed by atoms with Crippen LogP contribution in [0.1, 0.15) is 83.3 Å². The summed E-state index contributed by atoms with van der Waals surface area (Å²) in [5.74, 6) is -1.31. The van der Waals surface area contributed by atoms with E-state index in [-0.39, 0.29) is 55.2 Å². The van der Waals surface area contributed by atoms with Crippen LogP contribution in [-0.4, -0.2) is 128 Å². The van der Waals surface area contributed by atoms with Gasteiger partial charge < -0.3 is 40.6 Å². The first-order chi connectivity index (χ1) is 28.4. The first-order valence-electron chi connectivity index (χ1n) is 20.7. The number of ether oxygens (including phenoxy) is 1.